The van der Waals surface area contributed by atoms with Crippen molar-refractivity contribution >= 4 is 11.8 Å². The zero-order valence-corrected chi connectivity index (χ0v) is 13.4. The van der Waals surface area contributed by atoms with Gasteiger partial charge in [0.15, 0.2) is 0 Å². The fraction of sp³-hybridized carbons (Fsp3) is 0.412. The topological polar surface area (TPSA) is 53.1 Å². The number of hydrogen-bond acceptors (Lipinski definition) is 5. The second-order valence-electron chi connectivity index (χ2n) is 5.51. The van der Waals surface area contributed by atoms with Gasteiger partial charge in [0.05, 0.1) is 0 Å². The Morgan fingerprint density at radius 2 is 1.82 bits per heavy atom. The average molecular weight is 299 g/mol. The lowest BCUT2D eigenvalue weighted by Gasteiger charge is -2.10. The summed E-state index contributed by atoms with van der Waals surface area (Å²) in [5, 5.41) is 6.60. The summed E-state index contributed by atoms with van der Waals surface area (Å²) in [6, 6.07) is 12.3. The number of rotatable bonds is 9. The molecule has 0 radical (unpaired) electrons. The van der Waals surface area contributed by atoms with Gasteiger partial charge in [0, 0.05) is 19.3 Å². The summed E-state index contributed by atoms with van der Waals surface area (Å²) in [6.45, 7) is 2.80. The van der Waals surface area contributed by atoms with Gasteiger partial charge in [0.2, 0.25) is 5.95 Å². The number of hydrogen-bond donors (Lipinski definition) is 2. The molecule has 0 amide bonds. The van der Waals surface area contributed by atoms with Gasteiger partial charge in [-0.2, -0.15) is 4.98 Å². The van der Waals surface area contributed by atoms with Crippen molar-refractivity contribution in [2.75, 3.05) is 44.4 Å². The maximum Gasteiger partial charge on any atom is 0.224 e. The van der Waals surface area contributed by atoms with Crippen molar-refractivity contribution < 1.29 is 0 Å². The fourth-order valence-electron chi connectivity index (χ4n) is 2.12. The van der Waals surface area contributed by atoms with E-state index >= 15 is 0 Å². The summed E-state index contributed by atoms with van der Waals surface area (Å²) in [6.07, 6.45) is 3.84. The van der Waals surface area contributed by atoms with Crippen LogP contribution in [-0.4, -0.2) is 48.6 Å². The van der Waals surface area contributed by atoms with Gasteiger partial charge in [-0.15, -0.1) is 0 Å². The molecule has 0 aliphatic rings. The summed E-state index contributed by atoms with van der Waals surface area (Å²) in [5.41, 5.74) is 1.33. The maximum atomic E-state index is 4.47. The van der Waals surface area contributed by atoms with Crippen LogP contribution in [0.25, 0.3) is 0 Å². The average Bonchev–Trinajstić information content (AvgIpc) is 2.53. The Balaban J connectivity index is 1.74. The van der Waals surface area contributed by atoms with Crippen molar-refractivity contribution in [3.63, 3.8) is 0 Å². The minimum Gasteiger partial charge on any atom is -0.370 e. The van der Waals surface area contributed by atoms with E-state index in [9.17, 15) is 0 Å². The molecule has 0 fully saturated rings. The van der Waals surface area contributed by atoms with Crippen molar-refractivity contribution in [3.8, 4) is 0 Å². The molecule has 0 aliphatic heterocycles. The Morgan fingerprint density at radius 3 is 2.59 bits per heavy atom. The summed E-state index contributed by atoms with van der Waals surface area (Å²) >= 11 is 0. The van der Waals surface area contributed by atoms with Crippen molar-refractivity contribution in [3.05, 3.63) is 48.2 Å². The summed E-state index contributed by atoms with van der Waals surface area (Å²) in [5.74, 6) is 1.55. The highest BCUT2D eigenvalue weighted by Gasteiger charge is 1.99. The van der Waals surface area contributed by atoms with Crippen LogP contribution >= 0.6 is 0 Å². The van der Waals surface area contributed by atoms with Crippen LogP contribution < -0.4 is 10.6 Å². The lowest BCUT2D eigenvalue weighted by Crippen LogP contribution is -2.17. The van der Waals surface area contributed by atoms with Crippen LogP contribution in [0.15, 0.2) is 42.6 Å². The predicted molar refractivity (Wildman–Crippen MR) is 92.3 cm³/mol. The van der Waals surface area contributed by atoms with Gasteiger partial charge in [0.1, 0.15) is 5.82 Å². The van der Waals surface area contributed by atoms with Gasteiger partial charge in [0.25, 0.3) is 0 Å². The highest BCUT2D eigenvalue weighted by molar-refractivity contribution is 5.39. The Hall–Kier alpha value is -2.14. The van der Waals surface area contributed by atoms with Crippen molar-refractivity contribution in [1.82, 2.24) is 14.9 Å². The number of anilines is 2. The lowest BCUT2D eigenvalue weighted by molar-refractivity contribution is 0.405. The second-order valence-corrected chi connectivity index (χ2v) is 5.51. The molecular weight excluding hydrogens is 274 g/mol. The van der Waals surface area contributed by atoms with Crippen LogP contribution in [0.4, 0.5) is 11.8 Å². The fourth-order valence-corrected chi connectivity index (χ4v) is 2.12. The van der Waals surface area contributed by atoms with E-state index in [0.717, 1.165) is 38.3 Å². The molecule has 118 valence electrons. The van der Waals surface area contributed by atoms with Gasteiger partial charge in [-0.3, -0.25) is 0 Å². The first-order valence-electron chi connectivity index (χ1n) is 7.73. The second kappa shape index (κ2) is 9.00. The van der Waals surface area contributed by atoms with Crippen LogP contribution in [0.2, 0.25) is 0 Å². The zero-order valence-electron chi connectivity index (χ0n) is 13.4. The van der Waals surface area contributed by atoms with E-state index in [0.29, 0.717) is 5.95 Å². The molecule has 1 heterocycles. The number of nitrogens with zero attached hydrogens (tertiary/aromatic N) is 3. The Labute approximate surface area is 132 Å². The van der Waals surface area contributed by atoms with Crippen LogP contribution in [0.3, 0.4) is 0 Å². The summed E-state index contributed by atoms with van der Waals surface area (Å²) in [7, 11) is 4.15. The first-order chi connectivity index (χ1) is 10.7. The molecule has 2 N–H and O–H groups in total. The van der Waals surface area contributed by atoms with Gasteiger partial charge in [-0.25, -0.2) is 4.98 Å². The molecule has 5 nitrogen and oxygen atoms in total. The standard InChI is InChI=1S/C17H25N5/c1-22(2)14-6-11-19-17-20-13-10-16(21-17)18-12-9-15-7-4-3-5-8-15/h3-5,7-8,10,13H,6,9,11-12,14H2,1-2H3,(H2,18,19,20,21). The molecule has 0 bridgehead atoms. The molecule has 0 atom stereocenters. The molecule has 5 heteroatoms. The summed E-state index contributed by atoms with van der Waals surface area (Å²) in [4.78, 5) is 10.9. The van der Waals surface area contributed by atoms with E-state index in [4.69, 9.17) is 0 Å². The maximum absolute atomic E-state index is 4.47. The van der Waals surface area contributed by atoms with Crippen molar-refractivity contribution in [2.45, 2.75) is 12.8 Å². The predicted octanol–water partition coefficient (Wildman–Crippen LogP) is 2.49. The van der Waals surface area contributed by atoms with Crippen molar-refractivity contribution in [1.29, 1.82) is 0 Å². The van der Waals surface area contributed by atoms with Crippen LogP contribution in [-0.2, 0) is 6.42 Å². The smallest absolute Gasteiger partial charge is 0.224 e. The van der Waals surface area contributed by atoms with Gasteiger partial charge < -0.3 is 15.5 Å². The molecule has 0 aliphatic carbocycles. The molecule has 0 spiro atoms. The number of benzene rings is 1. The van der Waals surface area contributed by atoms with E-state index in [2.05, 4.69) is 63.9 Å². The van der Waals surface area contributed by atoms with Crippen LogP contribution in [0.1, 0.15) is 12.0 Å². The van der Waals surface area contributed by atoms with E-state index < -0.39 is 0 Å². The number of nitrogens with one attached hydrogen (secondary N) is 2. The molecule has 1 aromatic heterocycles. The van der Waals surface area contributed by atoms with Crippen LogP contribution in [0, 0.1) is 0 Å². The van der Waals surface area contributed by atoms with Gasteiger partial charge >= 0.3 is 0 Å². The van der Waals surface area contributed by atoms with Crippen LogP contribution in [0.5, 0.6) is 0 Å². The molecule has 1 aromatic carbocycles. The zero-order chi connectivity index (χ0) is 15.6. The Kier molecular flexibility index (Phi) is 6.64. The van der Waals surface area contributed by atoms with E-state index in [1.807, 2.05) is 12.1 Å². The van der Waals surface area contributed by atoms with E-state index in [-0.39, 0.29) is 0 Å². The van der Waals surface area contributed by atoms with Crippen molar-refractivity contribution in [2.24, 2.45) is 0 Å². The largest absolute Gasteiger partial charge is 0.370 e. The molecule has 2 rings (SSSR count). The highest BCUT2D eigenvalue weighted by Crippen LogP contribution is 2.06. The van der Waals surface area contributed by atoms with Gasteiger partial charge in [-0.1, -0.05) is 30.3 Å². The first-order valence-corrected chi connectivity index (χ1v) is 7.73. The third-order valence-corrected chi connectivity index (χ3v) is 3.28. The van der Waals surface area contributed by atoms with Gasteiger partial charge in [-0.05, 0) is 45.1 Å². The molecule has 0 saturated carbocycles. The monoisotopic (exact) mass is 299 g/mol. The van der Waals surface area contributed by atoms with E-state index in [1.165, 1.54) is 5.56 Å². The minimum absolute atomic E-state index is 0.684. The Bertz CT molecular complexity index is 542. The molecule has 0 unspecified atom stereocenters. The quantitative estimate of drug-likeness (QED) is 0.697. The summed E-state index contributed by atoms with van der Waals surface area (Å²) < 4.78 is 0. The normalized spacial score (nSPS) is 10.7. The molecule has 22 heavy (non-hydrogen) atoms. The number of aromatic nitrogens is 2. The first kappa shape index (κ1) is 16.2. The van der Waals surface area contributed by atoms with E-state index in [1.54, 1.807) is 6.20 Å². The third kappa shape index (κ3) is 6.10. The third-order valence-electron chi connectivity index (χ3n) is 3.28. The molecule has 2 aromatic rings. The minimum atomic E-state index is 0.684. The Morgan fingerprint density at radius 1 is 1.00 bits per heavy atom. The lowest BCUT2D eigenvalue weighted by atomic mass is 10.1. The highest BCUT2D eigenvalue weighted by atomic mass is 15.1. The molecule has 0 saturated heterocycles. The molecular formula is C17H25N5. The SMILES string of the molecule is CN(C)CCCNc1nccc(NCCc2ccccc2)n1.